The highest BCUT2D eigenvalue weighted by Crippen LogP contribution is 2.07. The third-order valence-electron chi connectivity index (χ3n) is 4.02. The Morgan fingerprint density at radius 3 is 2.28 bits per heavy atom. The zero-order valence-electron chi connectivity index (χ0n) is 15.9. The molecule has 1 radical (unpaired) electrons. The summed E-state index contributed by atoms with van der Waals surface area (Å²) in [4.78, 5) is 48.6. The van der Waals surface area contributed by atoms with Crippen LogP contribution in [-0.2, 0) is 25.5 Å². The zero-order chi connectivity index (χ0) is 21.1. The summed E-state index contributed by atoms with van der Waals surface area (Å²) in [6, 6.07) is 16.1. The number of hydrogen-bond donors (Lipinski definition) is 1. The van der Waals surface area contributed by atoms with Gasteiger partial charge >= 0.3 is 12.0 Å². The molecule has 0 aliphatic rings. The third-order valence-corrected chi connectivity index (χ3v) is 4.02. The minimum absolute atomic E-state index is 0.173. The first kappa shape index (κ1) is 21.6. The lowest BCUT2D eigenvalue weighted by Gasteiger charge is -2.22. The van der Waals surface area contributed by atoms with Crippen molar-refractivity contribution in [1.82, 2.24) is 10.2 Å². The summed E-state index contributed by atoms with van der Waals surface area (Å²) < 4.78 is 4.74. The highest BCUT2D eigenvalue weighted by molar-refractivity contribution is 6.04. The monoisotopic (exact) mass is 393 g/mol. The number of esters is 1. The number of benzene rings is 2. The van der Waals surface area contributed by atoms with Crippen LogP contribution in [0, 0.1) is 0 Å². The van der Waals surface area contributed by atoms with Gasteiger partial charge in [0.25, 0.3) is 5.91 Å². The minimum atomic E-state index is -1.02. The van der Waals surface area contributed by atoms with E-state index in [1.165, 1.54) is 25.5 Å². The molecule has 0 fully saturated rings. The number of hydrogen-bond acceptors (Lipinski definition) is 5. The second-order valence-electron chi connectivity index (χ2n) is 6.03. The Morgan fingerprint density at radius 1 is 1.07 bits per heavy atom. The van der Waals surface area contributed by atoms with Crippen molar-refractivity contribution >= 4 is 30.3 Å². The van der Waals surface area contributed by atoms with Gasteiger partial charge in [-0.25, -0.2) is 9.59 Å². The minimum Gasteiger partial charge on any atom is -0.467 e. The van der Waals surface area contributed by atoms with Crippen molar-refractivity contribution < 1.29 is 23.9 Å². The quantitative estimate of drug-likeness (QED) is 0.548. The molecule has 1 unspecified atom stereocenters. The van der Waals surface area contributed by atoms with Crippen LogP contribution in [0.4, 0.5) is 4.79 Å². The lowest BCUT2D eigenvalue weighted by Crippen LogP contribution is -2.51. The van der Waals surface area contributed by atoms with Gasteiger partial charge in [-0.3, -0.25) is 14.5 Å². The van der Waals surface area contributed by atoms with E-state index in [9.17, 15) is 19.2 Å². The molecule has 0 bridgehead atoms. The molecule has 2 aromatic carbocycles. The summed E-state index contributed by atoms with van der Waals surface area (Å²) in [6.07, 6.45) is 4.41. The smallest absolute Gasteiger partial charge is 0.328 e. The molecule has 2 aromatic rings. The first-order chi connectivity index (χ1) is 14.0. The highest BCUT2D eigenvalue weighted by atomic mass is 16.5. The molecule has 0 saturated carbocycles. The maximum atomic E-state index is 12.6. The van der Waals surface area contributed by atoms with Crippen LogP contribution in [0.2, 0.25) is 0 Å². The Kier molecular flexibility index (Phi) is 8.31. The number of ether oxygens (including phenoxy) is 1. The van der Waals surface area contributed by atoms with Crippen LogP contribution in [-0.4, -0.2) is 48.8 Å². The maximum Gasteiger partial charge on any atom is 0.328 e. The number of carbonyl (C=O) groups is 3. The topological polar surface area (TPSA) is 92.8 Å². The molecule has 0 heterocycles. The summed E-state index contributed by atoms with van der Waals surface area (Å²) in [5.74, 6) is -1.37. The van der Waals surface area contributed by atoms with Crippen LogP contribution in [0.3, 0.4) is 0 Å². The predicted octanol–water partition coefficient (Wildman–Crippen LogP) is 2.13. The molecule has 0 aromatic heterocycles. The van der Waals surface area contributed by atoms with Crippen LogP contribution in [0.5, 0.6) is 0 Å². The van der Waals surface area contributed by atoms with Crippen molar-refractivity contribution in [2.24, 2.45) is 0 Å². The van der Waals surface area contributed by atoms with E-state index in [-0.39, 0.29) is 6.42 Å². The first-order valence-corrected chi connectivity index (χ1v) is 8.87. The summed E-state index contributed by atoms with van der Waals surface area (Å²) in [5.41, 5.74) is 1.56. The van der Waals surface area contributed by atoms with Gasteiger partial charge in [0.2, 0.25) is 6.29 Å². The van der Waals surface area contributed by atoms with E-state index in [0.29, 0.717) is 4.90 Å². The second kappa shape index (κ2) is 11.2. The fraction of sp³-hybridized carbons (Fsp3) is 0.182. The largest absolute Gasteiger partial charge is 0.467 e. The average Bonchev–Trinajstić information content (AvgIpc) is 2.76. The fourth-order valence-electron chi connectivity index (χ4n) is 2.55. The Balaban J connectivity index is 2.12. The molecule has 29 heavy (non-hydrogen) atoms. The number of nitrogens with zero attached hydrogens (tertiary/aromatic N) is 1. The Morgan fingerprint density at radius 2 is 1.69 bits per heavy atom. The van der Waals surface area contributed by atoms with Gasteiger partial charge in [0.05, 0.1) is 13.7 Å². The Labute approximate surface area is 169 Å². The summed E-state index contributed by atoms with van der Waals surface area (Å²) in [6.45, 7) is -0.566. The zero-order valence-corrected chi connectivity index (χ0v) is 15.9. The standard InChI is InChI=1S/C22H21N2O5/c1-29-21(27)19(16-18-10-6-3-7-11-18)23-22(28)24(14-15-25)20(26)13-12-17-8-4-2-5-9-17/h2-13,19H,14,16H2,1H3,(H,23,28). The van der Waals surface area contributed by atoms with Crippen molar-refractivity contribution in [3.05, 3.63) is 77.9 Å². The number of rotatable bonds is 8. The van der Waals surface area contributed by atoms with Gasteiger partial charge < -0.3 is 10.1 Å². The van der Waals surface area contributed by atoms with Gasteiger partial charge in [0.15, 0.2) is 0 Å². The molecule has 7 nitrogen and oxygen atoms in total. The van der Waals surface area contributed by atoms with Gasteiger partial charge in [0, 0.05) is 12.5 Å². The van der Waals surface area contributed by atoms with Gasteiger partial charge in [0.1, 0.15) is 6.04 Å². The van der Waals surface area contributed by atoms with Crippen molar-refractivity contribution in [1.29, 1.82) is 0 Å². The highest BCUT2D eigenvalue weighted by Gasteiger charge is 2.27. The molecule has 0 aliphatic heterocycles. The number of nitrogens with one attached hydrogen (secondary N) is 1. The van der Waals surface area contributed by atoms with E-state index in [0.717, 1.165) is 11.1 Å². The predicted molar refractivity (Wildman–Crippen MR) is 107 cm³/mol. The maximum absolute atomic E-state index is 12.6. The number of urea groups is 1. The van der Waals surface area contributed by atoms with Gasteiger partial charge in [-0.05, 0) is 17.2 Å². The van der Waals surface area contributed by atoms with Crippen LogP contribution >= 0.6 is 0 Å². The van der Waals surface area contributed by atoms with Crippen molar-refractivity contribution in [3.8, 4) is 0 Å². The van der Waals surface area contributed by atoms with Crippen molar-refractivity contribution in [3.63, 3.8) is 0 Å². The first-order valence-electron chi connectivity index (χ1n) is 8.87. The molecule has 1 atom stereocenters. The Hall–Kier alpha value is -3.74. The molecular formula is C22H21N2O5. The van der Waals surface area contributed by atoms with Crippen molar-refractivity contribution in [2.45, 2.75) is 12.5 Å². The summed E-state index contributed by atoms with van der Waals surface area (Å²) >= 11 is 0. The van der Waals surface area contributed by atoms with Crippen molar-refractivity contribution in [2.75, 3.05) is 13.7 Å². The molecule has 0 saturated heterocycles. The molecular weight excluding hydrogens is 372 g/mol. The number of methoxy groups -OCH3 is 1. The molecule has 149 valence electrons. The van der Waals surface area contributed by atoms with E-state index >= 15 is 0 Å². The van der Waals surface area contributed by atoms with Gasteiger partial charge in [-0.2, -0.15) is 0 Å². The fourth-order valence-corrected chi connectivity index (χ4v) is 2.55. The average molecular weight is 393 g/mol. The molecule has 7 heteroatoms. The van der Waals surface area contributed by atoms with Crippen LogP contribution in [0.15, 0.2) is 66.7 Å². The molecule has 0 spiro atoms. The van der Waals surface area contributed by atoms with E-state index in [1.54, 1.807) is 48.5 Å². The van der Waals surface area contributed by atoms with Gasteiger partial charge in [-0.1, -0.05) is 60.7 Å². The van der Waals surface area contributed by atoms with E-state index in [4.69, 9.17) is 4.74 Å². The molecule has 3 amide bonds. The third kappa shape index (κ3) is 6.73. The van der Waals surface area contributed by atoms with Crippen LogP contribution in [0.25, 0.3) is 6.08 Å². The number of imide groups is 1. The van der Waals surface area contributed by atoms with E-state index in [1.807, 2.05) is 12.1 Å². The molecule has 1 N–H and O–H groups in total. The number of amides is 3. The normalized spacial score (nSPS) is 11.5. The lowest BCUT2D eigenvalue weighted by molar-refractivity contribution is -0.143. The molecule has 0 aliphatic carbocycles. The Bertz CT molecular complexity index is 865. The van der Waals surface area contributed by atoms with Crippen LogP contribution in [0.1, 0.15) is 11.1 Å². The second-order valence-corrected chi connectivity index (χ2v) is 6.03. The lowest BCUT2D eigenvalue weighted by atomic mass is 10.1. The van der Waals surface area contributed by atoms with Gasteiger partial charge in [-0.15, -0.1) is 0 Å². The molecule has 2 rings (SSSR count). The SMILES string of the molecule is COC(=O)C(Cc1ccccc1)NC(=O)N(C[C]=O)C(=O)C=Cc1ccccc1. The van der Waals surface area contributed by atoms with Crippen LogP contribution < -0.4 is 5.32 Å². The number of carbonyl (C=O) groups excluding carboxylic acids is 4. The summed E-state index contributed by atoms with van der Waals surface area (Å²) in [5, 5.41) is 2.46. The van der Waals surface area contributed by atoms with E-state index < -0.39 is 30.5 Å². The summed E-state index contributed by atoms with van der Waals surface area (Å²) in [7, 11) is 1.21. The van der Waals surface area contributed by atoms with E-state index in [2.05, 4.69) is 5.32 Å².